The molecule has 1 atom stereocenters. The highest BCUT2D eigenvalue weighted by atomic mass is 32.2. The molecule has 1 amide bonds. The zero-order chi connectivity index (χ0) is 14.0. The van der Waals surface area contributed by atoms with E-state index >= 15 is 0 Å². The van der Waals surface area contributed by atoms with Crippen molar-refractivity contribution >= 4 is 28.2 Å². The van der Waals surface area contributed by atoms with Crippen molar-refractivity contribution < 1.29 is 13.8 Å². The molecule has 5 heteroatoms. The molecule has 98 valence electrons. The van der Waals surface area contributed by atoms with Crippen molar-refractivity contribution in [2.24, 2.45) is 0 Å². The van der Waals surface area contributed by atoms with Crippen LogP contribution < -0.4 is 4.90 Å². The first kappa shape index (κ1) is 13.5. The maximum Gasteiger partial charge on any atom is 0.240 e. The van der Waals surface area contributed by atoms with Gasteiger partial charge in [-0.05, 0) is 12.1 Å². The highest BCUT2D eigenvalue weighted by Gasteiger charge is 2.29. The van der Waals surface area contributed by atoms with Gasteiger partial charge in [0.1, 0.15) is 5.75 Å². The van der Waals surface area contributed by atoms with E-state index in [-0.39, 0.29) is 24.0 Å². The average Bonchev–Trinajstić information content (AvgIpc) is 2.42. The van der Waals surface area contributed by atoms with E-state index in [2.05, 4.69) is 5.92 Å². The molecule has 0 saturated heterocycles. The predicted octanol–water partition coefficient (Wildman–Crippen LogP) is 1.37. The molecule has 0 aliphatic carbocycles. The monoisotopic (exact) mass is 275 g/mol. The summed E-state index contributed by atoms with van der Waals surface area (Å²) in [5, 5.41) is 0. The van der Waals surface area contributed by atoms with Crippen LogP contribution in [0.2, 0.25) is 0 Å². The lowest BCUT2D eigenvalue weighted by Gasteiger charge is -2.27. The molecule has 4 nitrogen and oxygen atoms in total. The molecule has 0 saturated carbocycles. The maximum atomic E-state index is 11.9. The number of Topliss-reactive ketones (excluding diaryl/α,β-unsaturated/α-hetero) is 1. The maximum absolute atomic E-state index is 11.9. The second kappa shape index (κ2) is 5.37. The number of nitrogens with zero attached hydrogens (tertiary/aromatic N) is 1. The highest BCUT2D eigenvalue weighted by molar-refractivity contribution is 7.86. The Labute approximate surface area is 114 Å². The third kappa shape index (κ3) is 2.45. The van der Waals surface area contributed by atoms with E-state index in [1.807, 2.05) is 0 Å². The van der Waals surface area contributed by atoms with Crippen molar-refractivity contribution in [2.75, 3.05) is 17.2 Å². The molecule has 0 radical (unpaired) electrons. The summed E-state index contributed by atoms with van der Waals surface area (Å²) in [7, 11) is -1.36. The third-order valence-corrected chi connectivity index (χ3v) is 4.29. The second-order valence-corrected chi connectivity index (χ2v) is 5.55. The van der Waals surface area contributed by atoms with Crippen LogP contribution in [-0.2, 0) is 15.6 Å². The first-order valence-electron chi connectivity index (χ1n) is 5.88. The van der Waals surface area contributed by atoms with Crippen LogP contribution in [0.4, 0.5) is 5.69 Å². The number of carbonyl (C=O) groups excluding carboxylic acids is 2. The van der Waals surface area contributed by atoms with Gasteiger partial charge in [-0.25, -0.2) is 0 Å². The zero-order valence-electron chi connectivity index (χ0n) is 10.5. The van der Waals surface area contributed by atoms with Crippen molar-refractivity contribution in [3.8, 4) is 12.3 Å². The minimum atomic E-state index is -1.36. The summed E-state index contributed by atoms with van der Waals surface area (Å²) in [6, 6.07) is 4.89. The van der Waals surface area contributed by atoms with Crippen LogP contribution in [0, 0.1) is 12.3 Å². The van der Waals surface area contributed by atoms with Crippen molar-refractivity contribution in [3.05, 3.63) is 23.8 Å². The fraction of sp³-hybridized carbons (Fsp3) is 0.286. The first-order valence-corrected chi connectivity index (χ1v) is 7.19. The average molecular weight is 275 g/mol. The van der Waals surface area contributed by atoms with Crippen LogP contribution in [0.25, 0.3) is 0 Å². The smallest absolute Gasteiger partial charge is 0.240 e. The molecule has 0 aromatic heterocycles. The summed E-state index contributed by atoms with van der Waals surface area (Å²) >= 11 is 0. The van der Waals surface area contributed by atoms with E-state index < -0.39 is 10.8 Å². The number of ketones is 1. The lowest BCUT2D eigenvalue weighted by molar-refractivity contribution is -0.116. The Morgan fingerprint density at radius 3 is 2.89 bits per heavy atom. The van der Waals surface area contributed by atoms with Crippen LogP contribution in [0.15, 0.2) is 23.1 Å². The summed E-state index contributed by atoms with van der Waals surface area (Å²) in [6.45, 7) is 1.89. The highest BCUT2D eigenvalue weighted by Crippen LogP contribution is 2.30. The van der Waals surface area contributed by atoms with Gasteiger partial charge in [0.25, 0.3) is 0 Å². The molecule has 2 rings (SSSR count). The Kier molecular flexibility index (Phi) is 3.82. The van der Waals surface area contributed by atoms with E-state index in [9.17, 15) is 13.8 Å². The van der Waals surface area contributed by atoms with Gasteiger partial charge in [-0.3, -0.25) is 18.7 Å². The van der Waals surface area contributed by atoms with Gasteiger partial charge < -0.3 is 0 Å². The molecule has 1 unspecified atom stereocenters. The second-order valence-electron chi connectivity index (χ2n) is 4.13. The minimum absolute atomic E-state index is 0.0211. The minimum Gasteiger partial charge on any atom is -0.299 e. The normalized spacial score (nSPS) is 17.8. The number of terminal acetylenes is 1. The number of benzene rings is 1. The molecule has 0 bridgehead atoms. The first-order chi connectivity index (χ1) is 9.08. The summed E-state index contributed by atoms with van der Waals surface area (Å²) in [5.41, 5.74) is 1.00. The van der Waals surface area contributed by atoms with Gasteiger partial charge in [0.2, 0.25) is 5.91 Å². The van der Waals surface area contributed by atoms with E-state index in [0.29, 0.717) is 22.6 Å². The zero-order valence-corrected chi connectivity index (χ0v) is 11.3. The van der Waals surface area contributed by atoms with Gasteiger partial charge in [-0.1, -0.05) is 18.9 Å². The number of rotatable bonds is 3. The van der Waals surface area contributed by atoms with Crippen LogP contribution in [0.1, 0.15) is 23.7 Å². The quantitative estimate of drug-likeness (QED) is 0.618. The van der Waals surface area contributed by atoms with E-state index in [4.69, 9.17) is 6.42 Å². The number of amides is 1. The lowest BCUT2D eigenvalue weighted by atomic mass is 10.1. The number of anilines is 1. The molecule has 0 fully saturated rings. The molecular weight excluding hydrogens is 262 g/mol. The standard InChI is InChI=1S/C14H13NO3S/c1-3-7-15-11-8-10(12(16)4-2)5-6-13(11)19(18)9-14(15)17/h1,5-6,8H,4,7,9H2,2H3. The van der Waals surface area contributed by atoms with Gasteiger partial charge in [0.15, 0.2) is 5.78 Å². The third-order valence-electron chi connectivity index (χ3n) is 2.94. The number of fused-ring (bicyclic) bond motifs is 1. The Bertz CT molecular complexity index is 616. The topological polar surface area (TPSA) is 54.5 Å². The Balaban J connectivity index is 2.55. The lowest BCUT2D eigenvalue weighted by Crippen LogP contribution is -2.39. The van der Waals surface area contributed by atoms with Crippen molar-refractivity contribution in [2.45, 2.75) is 18.2 Å². The summed E-state index contributed by atoms with van der Waals surface area (Å²) in [5.74, 6) is 2.05. The van der Waals surface area contributed by atoms with Gasteiger partial charge in [0.05, 0.1) is 27.9 Å². The van der Waals surface area contributed by atoms with Gasteiger partial charge in [-0.15, -0.1) is 6.42 Å². The molecule has 1 aliphatic heterocycles. The van der Waals surface area contributed by atoms with Crippen LogP contribution >= 0.6 is 0 Å². The summed E-state index contributed by atoms with van der Waals surface area (Å²) < 4.78 is 11.9. The van der Waals surface area contributed by atoms with Crippen molar-refractivity contribution in [1.29, 1.82) is 0 Å². The number of carbonyl (C=O) groups is 2. The number of hydrogen-bond acceptors (Lipinski definition) is 3. The fourth-order valence-electron chi connectivity index (χ4n) is 1.97. The van der Waals surface area contributed by atoms with Crippen LogP contribution in [0.5, 0.6) is 0 Å². The van der Waals surface area contributed by atoms with E-state index in [0.717, 1.165) is 0 Å². The molecule has 0 N–H and O–H groups in total. The molecule has 1 heterocycles. The Morgan fingerprint density at radius 1 is 1.53 bits per heavy atom. The van der Waals surface area contributed by atoms with Gasteiger partial charge in [0, 0.05) is 12.0 Å². The molecule has 1 aromatic rings. The Morgan fingerprint density at radius 2 is 2.26 bits per heavy atom. The van der Waals surface area contributed by atoms with E-state index in [1.54, 1.807) is 25.1 Å². The molecule has 1 aromatic carbocycles. The van der Waals surface area contributed by atoms with Crippen LogP contribution in [0.3, 0.4) is 0 Å². The SMILES string of the molecule is C#CCN1C(=O)CS(=O)c2ccc(C(=O)CC)cc21. The van der Waals surface area contributed by atoms with Gasteiger partial charge in [-0.2, -0.15) is 0 Å². The molecule has 0 spiro atoms. The Hall–Kier alpha value is -1.93. The predicted molar refractivity (Wildman–Crippen MR) is 73.5 cm³/mol. The van der Waals surface area contributed by atoms with E-state index in [1.165, 1.54) is 4.90 Å². The van der Waals surface area contributed by atoms with Crippen molar-refractivity contribution in [1.82, 2.24) is 0 Å². The fourth-order valence-corrected chi connectivity index (χ4v) is 3.12. The molecule has 1 aliphatic rings. The molecular formula is C14H13NO3S. The molecule has 19 heavy (non-hydrogen) atoms. The van der Waals surface area contributed by atoms with Crippen LogP contribution in [-0.4, -0.2) is 28.2 Å². The number of hydrogen-bond donors (Lipinski definition) is 0. The largest absolute Gasteiger partial charge is 0.299 e. The summed E-state index contributed by atoms with van der Waals surface area (Å²) in [4.78, 5) is 25.5. The van der Waals surface area contributed by atoms with Crippen molar-refractivity contribution in [3.63, 3.8) is 0 Å². The van der Waals surface area contributed by atoms with Gasteiger partial charge >= 0.3 is 0 Å². The summed E-state index contributed by atoms with van der Waals surface area (Å²) in [6.07, 6.45) is 5.63.